The lowest BCUT2D eigenvalue weighted by Crippen LogP contribution is -2.39. The summed E-state index contributed by atoms with van der Waals surface area (Å²) in [5, 5.41) is 2.75. The smallest absolute Gasteiger partial charge is 0.413 e. The van der Waals surface area contributed by atoms with Crippen LogP contribution in [0.2, 0.25) is 0 Å². The van der Waals surface area contributed by atoms with E-state index in [0.29, 0.717) is 17.9 Å². The largest absolute Gasteiger partial charge is 0.444 e. The number of ether oxygens (including phenoxy) is 1. The van der Waals surface area contributed by atoms with Crippen LogP contribution in [0.25, 0.3) is 0 Å². The molecule has 1 unspecified atom stereocenters. The zero-order chi connectivity index (χ0) is 20.1. The molecule has 1 saturated heterocycles. The van der Waals surface area contributed by atoms with Gasteiger partial charge in [-0.3, -0.25) is 10.1 Å². The van der Waals surface area contributed by atoms with Crippen LogP contribution in [0.1, 0.15) is 62.0 Å². The minimum absolute atomic E-state index is 0.00243. The van der Waals surface area contributed by atoms with Crippen LogP contribution in [0.3, 0.4) is 0 Å². The number of carbonyl (C=O) groups is 2. The number of anilines is 1. The zero-order valence-corrected chi connectivity index (χ0v) is 16.6. The molecule has 2 heterocycles. The van der Waals surface area contributed by atoms with Crippen molar-refractivity contribution in [2.45, 2.75) is 51.7 Å². The van der Waals surface area contributed by atoms with Crippen molar-refractivity contribution in [2.75, 3.05) is 11.9 Å². The number of hydrogen-bond acceptors (Lipinski definition) is 4. The van der Waals surface area contributed by atoms with Crippen LogP contribution in [-0.2, 0) is 4.74 Å². The van der Waals surface area contributed by atoms with Gasteiger partial charge in [-0.25, -0.2) is 9.78 Å². The van der Waals surface area contributed by atoms with Gasteiger partial charge in [0.25, 0.3) is 5.91 Å². The number of pyridine rings is 1. The molecule has 2 amide bonds. The van der Waals surface area contributed by atoms with E-state index in [1.54, 1.807) is 6.20 Å². The number of benzene rings is 1. The van der Waals surface area contributed by atoms with Crippen LogP contribution in [0.5, 0.6) is 0 Å². The van der Waals surface area contributed by atoms with Gasteiger partial charge in [-0.2, -0.15) is 0 Å². The monoisotopic (exact) mass is 381 g/mol. The maximum atomic E-state index is 13.1. The number of likely N-dealkylation sites (tertiary alicyclic amines) is 1. The summed E-state index contributed by atoms with van der Waals surface area (Å²) >= 11 is 0. The average molecular weight is 381 g/mol. The van der Waals surface area contributed by atoms with Crippen molar-refractivity contribution < 1.29 is 14.3 Å². The average Bonchev–Trinajstić information content (AvgIpc) is 2.67. The topological polar surface area (TPSA) is 71.5 Å². The van der Waals surface area contributed by atoms with Crippen LogP contribution in [-0.4, -0.2) is 34.0 Å². The molecule has 148 valence electrons. The fourth-order valence-corrected chi connectivity index (χ4v) is 3.44. The summed E-state index contributed by atoms with van der Waals surface area (Å²) < 4.78 is 5.36. The van der Waals surface area contributed by atoms with E-state index in [-0.39, 0.29) is 11.9 Å². The third-order valence-corrected chi connectivity index (χ3v) is 4.60. The normalized spacial score (nSPS) is 17.1. The molecule has 28 heavy (non-hydrogen) atoms. The first-order valence-corrected chi connectivity index (χ1v) is 9.66. The van der Waals surface area contributed by atoms with Crippen molar-refractivity contribution in [2.24, 2.45) is 0 Å². The Morgan fingerprint density at radius 1 is 1.11 bits per heavy atom. The van der Waals surface area contributed by atoms with E-state index in [1.807, 2.05) is 68.1 Å². The summed E-state index contributed by atoms with van der Waals surface area (Å²) in [7, 11) is 0. The van der Waals surface area contributed by atoms with Gasteiger partial charge in [0.15, 0.2) is 0 Å². The number of rotatable bonds is 3. The molecule has 2 aromatic rings. The van der Waals surface area contributed by atoms with Crippen molar-refractivity contribution in [1.82, 2.24) is 9.88 Å². The van der Waals surface area contributed by atoms with Gasteiger partial charge in [0, 0.05) is 23.9 Å². The summed E-state index contributed by atoms with van der Waals surface area (Å²) in [6.07, 6.45) is 3.88. The summed E-state index contributed by atoms with van der Waals surface area (Å²) in [5.74, 6) is 0.437. The van der Waals surface area contributed by atoms with Crippen LogP contribution < -0.4 is 5.32 Å². The van der Waals surface area contributed by atoms with E-state index >= 15 is 0 Å². The predicted octanol–water partition coefficient (Wildman–Crippen LogP) is 4.80. The van der Waals surface area contributed by atoms with Gasteiger partial charge >= 0.3 is 6.09 Å². The number of nitrogens with zero attached hydrogens (tertiary/aromatic N) is 2. The molecule has 1 aromatic carbocycles. The zero-order valence-electron chi connectivity index (χ0n) is 16.6. The van der Waals surface area contributed by atoms with E-state index in [4.69, 9.17) is 4.74 Å². The molecule has 0 aliphatic carbocycles. The first-order chi connectivity index (χ1) is 13.3. The van der Waals surface area contributed by atoms with E-state index < -0.39 is 11.7 Å². The second-order valence-electron chi connectivity index (χ2n) is 7.94. The number of piperidine rings is 1. The Morgan fingerprint density at radius 2 is 1.86 bits per heavy atom. The standard InChI is InChI=1S/C22H27N3O3/c1-22(2,3)28-21(27)24-19-17(12-9-14-23-19)18-13-7-8-15-25(18)20(26)16-10-5-4-6-11-16/h4-6,9-12,14,18H,7-8,13,15H2,1-3H3,(H,23,24,27). The molecule has 6 nitrogen and oxygen atoms in total. The van der Waals surface area contributed by atoms with Gasteiger partial charge in [-0.05, 0) is 58.2 Å². The van der Waals surface area contributed by atoms with Crippen LogP contribution >= 0.6 is 0 Å². The molecule has 0 saturated carbocycles. The van der Waals surface area contributed by atoms with E-state index in [0.717, 1.165) is 24.8 Å². The lowest BCUT2D eigenvalue weighted by Gasteiger charge is -2.36. The van der Waals surface area contributed by atoms with Gasteiger partial charge in [0.2, 0.25) is 0 Å². The minimum atomic E-state index is -0.598. The SMILES string of the molecule is CC(C)(C)OC(=O)Nc1ncccc1C1CCCCN1C(=O)c1ccccc1. The Morgan fingerprint density at radius 3 is 2.57 bits per heavy atom. The van der Waals surface area contributed by atoms with Gasteiger partial charge in [0.1, 0.15) is 11.4 Å². The van der Waals surface area contributed by atoms with Crippen molar-refractivity contribution in [3.8, 4) is 0 Å². The number of nitrogens with one attached hydrogen (secondary N) is 1. The predicted molar refractivity (Wildman–Crippen MR) is 108 cm³/mol. The number of aromatic nitrogens is 1. The van der Waals surface area contributed by atoms with Gasteiger partial charge in [-0.15, -0.1) is 0 Å². The third-order valence-electron chi connectivity index (χ3n) is 4.60. The molecular formula is C22H27N3O3. The molecule has 1 N–H and O–H groups in total. The highest BCUT2D eigenvalue weighted by molar-refractivity contribution is 5.94. The molecular weight excluding hydrogens is 354 g/mol. The van der Waals surface area contributed by atoms with Crippen LogP contribution in [0.4, 0.5) is 10.6 Å². The third kappa shape index (κ3) is 4.88. The highest BCUT2D eigenvalue weighted by Gasteiger charge is 2.31. The fraction of sp³-hybridized carbons (Fsp3) is 0.409. The fourth-order valence-electron chi connectivity index (χ4n) is 3.44. The van der Waals surface area contributed by atoms with Crippen LogP contribution in [0, 0.1) is 0 Å². The first kappa shape index (κ1) is 19.9. The Kier molecular flexibility index (Phi) is 5.97. The molecule has 0 radical (unpaired) electrons. The van der Waals surface area contributed by atoms with Crippen molar-refractivity contribution in [3.63, 3.8) is 0 Å². The molecule has 1 atom stereocenters. The molecule has 0 spiro atoms. The summed E-state index contributed by atoms with van der Waals surface area (Å²) in [6.45, 7) is 6.12. The molecule has 1 aliphatic heterocycles. The maximum absolute atomic E-state index is 13.1. The Bertz CT molecular complexity index is 830. The second-order valence-corrected chi connectivity index (χ2v) is 7.94. The minimum Gasteiger partial charge on any atom is -0.444 e. The molecule has 6 heteroatoms. The Balaban J connectivity index is 1.86. The number of amides is 2. The molecule has 3 rings (SSSR count). The molecule has 1 fully saturated rings. The lowest BCUT2D eigenvalue weighted by atomic mass is 9.94. The molecule has 0 bridgehead atoms. The van der Waals surface area contributed by atoms with Gasteiger partial charge < -0.3 is 9.64 Å². The van der Waals surface area contributed by atoms with Gasteiger partial charge in [0.05, 0.1) is 6.04 Å². The number of carbonyl (C=O) groups excluding carboxylic acids is 2. The summed E-state index contributed by atoms with van der Waals surface area (Å²) in [5.41, 5.74) is 0.899. The molecule has 1 aliphatic rings. The quantitative estimate of drug-likeness (QED) is 0.829. The number of hydrogen-bond donors (Lipinski definition) is 1. The van der Waals surface area contributed by atoms with Crippen LogP contribution in [0.15, 0.2) is 48.7 Å². The summed E-state index contributed by atoms with van der Waals surface area (Å²) in [4.78, 5) is 31.6. The van der Waals surface area contributed by atoms with E-state index in [9.17, 15) is 9.59 Å². The second kappa shape index (κ2) is 8.42. The summed E-state index contributed by atoms with van der Waals surface area (Å²) in [6, 6.07) is 12.9. The highest BCUT2D eigenvalue weighted by Crippen LogP contribution is 2.35. The van der Waals surface area contributed by atoms with Crippen molar-refractivity contribution >= 4 is 17.8 Å². The Hall–Kier alpha value is -2.89. The molecule has 1 aromatic heterocycles. The lowest BCUT2D eigenvalue weighted by molar-refractivity contribution is 0.0612. The van der Waals surface area contributed by atoms with Crippen molar-refractivity contribution in [3.05, 3.63) is 59.8 Å². The Labute approximate surface area is 165 Å². The highest BCUT2D eigenvalue weighted by atomic mass is 16.6. The first-order valence-electron chi connectivity index (χ1n) is 9.66. The van der Waals surface area contributed by atoms with Gasteiger partial charge in [-0.1, -0.05) is 24.3 Å². The van der Waals surface area contributed by atoms with Crippen molar-refractivity contribution in [1.29, 1.82) is 0 Å². The maximum Gasteiger partial charge on any atom is 0.413 e. The van der Waals surface area contributed by atoms with E-state index in [1.165, 1.54) is 0 Å². The van der Waals surface area contributed by atoms with E-state index in [2.05, 4.69) is 10.3 Å².